The van der Waals surface area contributed by atoms with Gasteiger partial charge >= 0.3 is 11.9 Å². The zero-order chi connectivity index (χ0) is 49.9. The van der Waals surface area contributed by atoms with Gasteiger partial charge in [0.05, 0.1) is 27.9 Å². The van der Waals surface area contributed by atoms with E-state index in [1.54, 1.807) is 30.3 Å². The maximum Gasteiger partial charge on any atom is 0.336 e. The van der Waals surface area contributed by atoms with Crippen LogP contribution in [0.2, 0.25) is 49.3 Å². The van der Waals surface area contributed by atoms with Crippen molar-refractivity contribution in [3.05, 3.63) is 139 Å². The van der Waals surface area contributed by atoms with Gasteiger partial charge in [0.2, 0.25) is 0 Å². The Kier molecular flexibility index (Phi) is 19.8. The van der Waals surface area contributed by atoms with Crippen molar-refractivity contribution in [1.29, 1.82) is 0 Å². The molecular formula is C51H64Cl2F2O10Si2. The van der Waals surface area contributed by atoms with Gasteiger partial charge in [0, 0.05) is 47.6 Å². The molecule has 2 unspecified atom stereocenters. The fraction of sp³-hybridized carbons (Fsp3) is 0.451. The minimum Gasteiger partial charge on any atom is -0.478 e. The number of hydrogen-bond acceptors (Lipinski definition) is 8. The summed E-state index contributed by atoms with van der Waals surface area (Å²) in [5.74, 6) is -4.29. The van der Waals surface area contributed by atoms with Gasteiger partial charge in [-0.2, -0.15) is 0 Å². The molecule has 16 heteroatoms. The lowest BCUT2D eigenvalue weighted by Crippen LogP contribution is -2.47. The number of carboxylic acid groups (broad SMARTS) is 2. The zero-order valence-corrected chi connectivity index (χ0v) is 43.4. The summed E-state index contributed by atoms with van der Waals surface area (Å²) >= 11 is 11.5. The first-order valence-corrected chi connectivity index (χ1v) is 30.2. The predicted octanol–water partition coefficient (Wildman–Crippen LogP) is 13.2. The largest absolute Gasteiger partial charge is 0.478 e. The summed E-state index contributed by atoms with van der Waals surface area (Å²) in [5.41, 5.74) is -0.426. The molecule has 4 aromatic rings. The third-order valence-electron chi connectivity index (χ3n) is 11.8. The number of halogens is 4. The van der Waals surface area contributed by atoms with Gasteiger partial charge in [-0.15, -0.1) is 0 Å². The standard InChI is InChI=1S/C25H30ClFO5Si.C18H27FO4Si.C8H7ClO/c1-5-25(32-33(2,3)4,17-10-12-31-13-11-17)18-14-20(24(29)30)22(21(27)15-18)23(28)16-6-8-19(26)9-7-16;1-5-18(23-24(2,3)4,14-6-8-22-9-7-14)15-10-13(17(20)21)11-16(19)12-15;1-6(10)7-2-4-8(9)5-3-7/h6-9,14-15,17H,5,10-13H2,1-4H3,(H,29,30);10-12,14H,5-9H2,1-4H3,(H,20,21);2-5H,1H3. The summed E-state index contributed by atoms with van der Waals surface area (Å²) in [5, 5.41) is 20.3. The number of carbonyl (C=O) groups is 4. The molecule has 2 aliphatic heterocycles. The number of aromatic carboxylic acids is 2. The second-order valence-corrected chi connectivity index (χ2v) is 28.5. The minimum absolute atomic E-state index is 0.0333. The van der Waals surface area contributed by atoms with E-state index in [9.17, 15) is 33.8 Å². The maximum atomic E-state index is 15.6. The van der Waals surface area contributed by atoms with E-state index in [1.807, 2.05) is 13.8 Å². The monoisotopic (exact) mass is 1000 g/mol. The van der Waals surface area contributed by atoms with Crippen LogP contribution in [0.5, 0.6) is 0 Å². The second-order valence-electron chi connectivity index (χ2n) is 18.8. The number of Topliss-reactive ketones (excluding diaryl/α,β-unsaturated/α-hetero) is 1. The van der Waals surface area contributed by atoms with Gasteiger partial charge in [-0.05, 0) is 187 Å². The highest BCUT2D eigenvalue weighted by Gasteiger charge is 2.46. The first kappa shape index (κ1) is 55.5. The molecule has 2 aliphatic rings. The van der Waals surface area contributed by atoms with Crippen LogP contribution in [0.25, 0.3) is 0 Å². The molecule has 2 N–H and O–H groups in total. The number of ketones is 2. The Bertz CT molecular complexity index is 2340. The van der Waals surface area contributed by atoms with E-state index >= 15 is 4.39 Å². The minimum atomic E-state index is -2.13. The third kappa shape index (κ3) is 14.9. The lowest BCUT2D eigenvalue weighted by Gasteiger charge is -2.46. The molecule has 364 valence electrons. The van der Waals surface area contributed by atoms with E-state index in [4.69, 9.17) is 41.5 Å². The molecule has 0 aliphatic carbocycles. The quantitative estimate of drug-likeness (QED) is 0.0872. The molecule has 0 saturated carbocycles. The number of carbonyl (C=O) groups excluding carboxylic acids is 2. The van der Waals surface area contributed by atoms with Gasteiger partial charge in [0.25, 0.3) is 0 Å². The molecule has 10 nitrogen and oxygen atoms in total. The molecular weight excluding hydrogens is 938 g/mol. The van der Waals surface area contributed by atoms with E-state index in [1.165, 1.54) is 49.4 Å². The molecule has 4 aromatic carbocycles. The van der Waals surface area contributed by atoms with E-state index in [2.05, 4.69) is 39.3 Å². The van der Waals surface area contributed by atoms with Gasteiger partial charge in [-0.1, -0.05) is 37.0 Å². The lowest BCUT2D eigenvalue weighted by molar-refractivity contribution is -0.0602. The van der Waals surface area contributed by atoms with Crippen molar-refractivity contribution in [3.63, 3.8) is 0 Å². The van der Waals surface area contributed by atoms with Crippen LogP contribution in [0.3, 0.4) is 0 Å². The van der Waals surface area contributed by atoms with Crippen LogP contribution in [0.15, 0.2) is 78.9 Å². The molecule has 67 heavy (non-hydrogen) atoms. The molecule has 2 fully saturated rings. The molecule has 2 atom stereocenters. The highest BCUT2D eigenvalue weighted by Crippen LogP contribution is 2.46. The van der Waals surface area contributed by atoms with Crippen molar-refractivity contribution in [2.45, 2.75) is 110 Å². The molecule has 6 rings (SSSR count). The molecule has 0 aromatic heterocycles. The molecule has 0 bridgehead atoms. The van der Waals surface area contributed by atoms with Crippen molar-refractivity contribution in [3.8, 4) is 0 Å². The average molecular weight is 1000 g/mol. The highest BCUT2D eigenvalue weighted by atomic mass is 35.5. The SMILES string of the molecule is CC(=O)c1ccc(Cl)cc1.CCC(O[Si](C)(C)C)(c1cc(F)c(C(=O)c2ccc(Cl)cc2)c(C(=O)O)c1)C1CCOCC1.CCC(O[Si](C)(C)C)(c1cc(F)cc(C(=O)O)c1)C1CCOCC1. The van der Waals surface area contributed by atoms with Gasteiger partial charge in [-0.3, -0.25) is 9.59 Å². The van der Waals surface area contributed by atoms with Crippen molar-refractivity contribution in [1.82, 2.24) is 0 Å². The van der Waals surface area contributed by atoms with Crippen molar-refractivity contribution >= 4 is 63.3 Å². The summed E-state index contributed by atoms with van der Waals surface area (Å²) in [6.45, 7) is 20.5. The van der Waals surface area contributed by atoms with Crippen LogP contribution in [-0.2, 0) is 29.5 Å². The van der Waals surface area contributed by atoms with Crippen LogP contribution in [0.4, 0.5) is 8.78 Å². The second kappa shape index (κ2) is 23.9. The molecule has 0 radical (unpaired) electrons. The number of carboxylic acids is 2. The van der Waals surface area contributed by atoms with Crippen molar-refractivity contribution in [2.24, 2.45) is 11.8 Å². The number of benzene rings is 4. The maximum absolute atomic E-state index is 15.6. The lowest BCUT2D eigenvalue weighted by atomic mass is 9.74. The van der Waals surface area contributed by atoms with E-state index in [0.717, 1.165) is 31.7 Å². The Hall–Kier alpha value is -4.13. The summed E-state index contributed by atoms with van der Waals surface area (Å²) in [7, 11) is -4.08. The van der Waals surface area contributed by atoms with Crippen LogP contribution in [0, 0.1) is 23.5 Å². The summed E-state index contributed by atoms with van der Waals surface area (Å²) in [6.07, 6.45) is 4.34. The third-order valence-corrected chi connectivity index (χ3v) is 14.3. The Morgan fingerprint density at radius 3 is 1.42 bits per heavy atom. The van der Waals surface area contributed by atoms with Gasteiger partial charge < -0.3 is 28.5 Å². The Morgan fingerprint density at radius 1 is 0.627 bits per heavy atom. The molecule has 2 heterocycles. The first-order valence-electron chi connectivity index (χ1n) is 22.6. The Balaban J connectivity index is 0.000000250. The van der Waals surface area contributed by atoms with Gasteiger partial charge in [0.1, 0.15) is 11.6 Å². The van der Waals surface area contributed by atoms with Crippen LogP contribution in [-0.4, -0.2) is 76.8 Å². The highest BCUT2D eigenvalue weighted by molar-refractivity contribution is 6.70. The fourth-order valence-electron chi connectivity index (χ4n) is 8.94. The van der Waals surface area contributed by atoms with E-state index < -0.39 is 62.8 Å². The fourth-order valence-corrected chi connectivity index (χ4v) is 12.2. The van der Waals surface area contributed by atoms with Gasteiger partial charge in [-0.25, -0.2) is 18.4 Å². The first-order chi connectivity index (χ1) is 31.4. The zero-order valence-electron chi connectivity index (χ0n) is 39.9. The summed E-state index contributed by atoms with van der Waals surface area (Å²) < 4.78 is 54.0. The smallest absolute Gasteiger partial charge is 0.336 e. The summed E-state index contributed by atoms with van der Waals surface area (Å²) in [6, 6.07) is 19.6. The van der Waals surface area contributed by atoms with Crippen molar-refractivity contribution < 1.29 is 56.5 Å². The Morgan fingerprint density at radius 2 is 1.04 bits per heavy atom. The number of ether oxygens (including phenoxy) is 2. The molecule has 0 spiro atoms. The van der Waals surface area contributed by atoms with Crippen LogP contribution in [0.1, 0.15) is 117 Å². The molecule has 0 amide bonds. The predicted molar refractivity (Wildman–Crippen MR) is 263 cm³/mol. The Labute approximate surface area is 405 Å². The number of hydrogen-bond donors (Lipinski definition) is 2. The normalized spacial score (nSPS) is 16.6. The van der Waals surface area contributed by atoms with E-state index in [-0.39, 0.29) is 34.3 Å². The van der Waals surface area contributed by atoms with Crippen LogP contribution >= 0.6 is 23.2 Å². The van der Waals surface area contributed by atoms with E-state index in [0.29, 0.717) is 66.0 Å². The topological polar surface area (TPSA) is 146 Å². The molecule has 2 saturated heterocycles. The van der Waals surface area contributed by atoms with Crippen molar-refractivity contribution in [2.75, 3.05) is 26.4 Å². The van der Waals surface area contributed by atoms with Crippen LogP contribution < -0.4 is 0 Å². The average Bonchev–Trinajstić information content (AvgIpc) is 3.27. The van der Waals surface area contributed by atoms with Gasteiger partial charge in [0.15, 0.2) is 28.2 Å². The number of rotatable bonds is 15. The summed E-state index contributed by atoms with van der Waals surface area (Å²) in [4.78, 5) is 47.4.